The second-order valence-electron chi connectivity index (χ2n) is 8.27. The summed E-state index contributed by atoms with van der Waals surface area (Å²) in [5.41, 5.74) is 0.943. The molecular formula is C24H26ClF3N6O6. The molecule has 12 nitrogen and oxygen atoms in total. The van der Waals surface area contributed by atoms with Crippen LogP contribution in [0.25, 0.3) is 0 Å². The summed E-state index contributed by atoms with van der Waals surface area (Å²) in [7, 11) is 2.51. The third-order valence-electron chi connectivity index (χ3n) is 5.77. The number of allylic oxidation sites excluding steroid dienone is 1. The molecule has 0 aliphatic carbocycles. The van der Waals surface area contributed by atoms with Crippen molar-refractivity contribution in [3.05, 3.63) is 63.2 Å². The van der Waals surface area contributed by atoms with Crippen LogP contribution in [0.2, 0.25) is 5.02 Å². The van der Waals surface area contributed by atoms with Crippen molar-refractivity contribution in [3.63, 3.8) is 0 Å². The maximum atomic E-state index is 13.4. The number of carbonyl (C=O) groups excluding carboxylic acids is 3. The van der Waals surface area contributed by atoms with Gasteiger partial charge < -0.3 is 24.8 Å². The summed E-state index contributed by atoms with van der Waals surface area (Å²) in [5.74, 6) is -4.71. The third kappa shape index (κ3) is 6.59. The van der Waals surface area contributed by atoms with Crippen LogP contribution in [0.4, 0.5) is 13.2 Å². The number of rotatable bonds is 10. The van der Waals surface area contributed by atoms with Crippen molar-refractivity contribution in [1.29, 1.82) is 0 Å². The second-order valence-corrected chi connectivity index (χ2v) is 8.68. The summed E-state index contributed by atoms with van der Waals surface area (Å²) in [6.45, 7) is 2.55. The molecule has 0 saturated heterocycles. The van der Waals surface area contributed by atoms with E-state index in [2.05, 4.69) is 20.7 Å². The lowest BCUT2D eigenvalue weighted by Crippen LogP contribution is -2.38. The van der Waals surface area contributed by atoms with Gasteiger partial charge in [0.1, 0.15) is 0 Å². The molecule has 0 fully saturated rings. The number of carbonyl (C=O) groups is 3. The van der Waals surface area contributed by atoms with Crippen LogP contribution in [-0.4, -0.2) is 71.6 Å². The number of aromatic nitrogens is 4. The normalized spacial score (nSPS) is 16.4. The molecule has 1 aromatic heterocycles. The second kappa shape index (κ2) is 12.9. The van der Waals surface area contributed by atoms with E-state index in [4.69, 9.17) is 25.8 Å². The zero-order chi connectivity index (χ0) is 29.6. The molecule has 0 spiro atoms. The topological polar surface area (TPSA) is 147 Å². The average Bonchev–Trinajstić information content (AvgIpc) is 3.36. The van der Waals surface area contributed by atoms with Crippen molar-refractivity contribution in [1.82, 2.24) is 30.8 Å². The molecule has 2 N–H and O–H groups in total. The van der Waals surface area contributed by atoms with Gasteiger partial charge in [0.05, 0.1) is 43.0 Å². The van der Waals surface area contributed by atoms with Gasteiger partial charge in [0.15, 0.2) is 6.10 Å². The number of dihydropyridines is 1. The van der Waals surface area contributed by atoms with Gasteiger partial charge in [-0.3, -0.25) is 4.79 Å². The van der Waals surface area contributed by atoms with Crippen molar-refractivity contribution >= 4 is 29.4 Å². The SMILES string of the molecule is CCOC(=O)C1=C(C(OC)c2nnn(CCNC(=O)C(F)(F)F)n2)NC(C)=C(C(=O)OC)C1c1ccccc1Cl. The van der Waals surface area contributed by atoms with Gasteiger partial charge >= 0.3 is 24.0 Å². The van der Waals surface area contributed by atoms with Crippen LogP contribution in [-0.2, 0) is 35.1 Å². The number of hydrogen-bond acceptors (Lipinski definition) is 10. The highest BCUT2D eigenvalue weighted by Gasteiger charge is 2.43. The molecule has 2 atom stereocenters. The van der Waals surface area contributed by atoms with Gasteiger partial charge in [0, 0.05) is 24.4 Å². The zero-order valence-electron chi connectivity index (χ0n) is 21.8. The highest BCUT2D eigenvalue weighted by Crippen LogP contribution is 2.44. The number of nitrogens with zero attached hydrogens (tertiary/aromatic N) is 4. The molecule has 3 rings (SSSR count). The Bertz CT molecular complexity index is 1340. The van der Waals surface area contributed by atoms with Crippen LogP contribution in [0.3, 0.4) is 0 Å². The Morgan fingerprint density at radius 3 is 2.48 bits per heavy atom. The van der Waals surface area contributed by atoms with E-state index in [1.165, 1.54) is 14.2 Å². The summed E-state index contributed by atoms with van der Waals surface area (Å²) in [6, 6.07) is 6.63. The fraction of sp³-hybridized carbons (Fsp3) is 0.417. The van der Waals surface area contributed by atoms with E-state index in [0.29, 0.717) is 11.3 Å². The van der Waals surface area contributed by atoms with Gasteiger partial charge in [-0.1, -0.05) is 29.8 Å². The van der Waals surface area contributed by atoms with Crippen LogP contribution in [0, 0.1) is 0 Å². The first-order valence-electron chi connectivity index (χ1n) is 11.8. The van der Waals surface area contributed by atoms with Crippen molar-refractivity contribution in [2.75, 3.05) is 27.4 Å². The van der Waals surface area contributed by atoms with E-state index in [1.807, 2.05) is 0 Å². The summed E-state index contributed by atoms with van der Waals surface area (Å²) in [6.07, 6.45) is -6.20. The van der Waals surface area contributed by atoms with E-state index in [0.717, 1.165) is 4.80 Å². The standard InChI is InChI=1S/C24H26ClF3N6O6/c1-5-40-22(36)17-16(13-8-6-7-9-14(13)25)15(21(35)39-4)12(2)30-18(17)19(38-3)20-31-33-34(32-20)11-10-29-23(37)24(26,27)28/h6-9,16,19,30H,5,10-11H2,1-4H3,(H,29,37). The summed E-state index contributed by atoms with van der Waals surface area (Å²) in [4.78, 5) is 38.3. The molecule has 16 heteroatoms. The number of alkyl halides is 3. The Balaban J connectivity index is 2.09. The Morgan fingerprint density at radius 1 is 1.18 bits per heavy atom. The number of halogens is 4. The Labute approximate surface area is 231 Å². The van der Waals surface area contributed by atoms with Crippen molar-refractivity contribution in [2.45, 2.75) is 38.6 Å². The maximum absolute atomic E-state index is 13.4. The van der Waals surface area contributed by atoms with E-state index in [-0.39, 0.29) is 40.8 Å². The summed E-state index contributed by atoms with van der Waals surface area (Å²) >= 11 is 6.51. The van der Waals surface area contributed by atoms with E-state index in [9.17, 15) is 27.6 Å². The van der Waals surface area contributed by atoms with Gasteiger partial charge in [-0.05, 0) is 30.7 Å². The molecule has 0 radical (unpaired) electrons. The Kier molecular flexibility index (Phi) is 9.87. The lowest BCUT2D eigenvalue weighted by Gasteiger charge is -2.33. The minimum Gasteiger partial charge on any atom is -0.466 e. The first-order valence-corrected chi connectivity index (χ1v) is 12.2. The number of nitrogens with one attached hydrogen (secondary N) is 2. The molecule has 216 valence electrons. The number of amides is 1. The summed E-state index contributed by atoms with van der Waals surface area (Å²) < 4.78 is 53.3. The zero-order valence-corrected chi connectivity index (χ0v) is 22.6. The largest absolute Gasteiger partial charge is 0.471 e. The van der Waals surface area contributed by atoms with E-state index < -0.39 is 42.6 Å². The monoisotopic (exact) mass is 586 g/mol. The first kappa shape index (κ1) is 30.6. The molecule has 0 bridgehead atoms. The highest BCUT2D eigenvalue weighted by atomic mass is 35.5. The van der Waals surface area contributed by atoms with Crippen LogP contribution < -0.4 is 10.6 Å². The molecule has 0 saturated carbocycles. The van der Waals surface area contributed by atoms with Gasteiger partial charge in [-0.25, -0.2) is 9.59 Å². The minimum absolute atomic E-state index is 0.0108. The molecule has 2 aromatic rings. The van der Waals surface area contributed by atoms with E-state index in [1.54, 1.807) is 43.4 Å². The van der Waals surface area contributed by atoms with E-state index >= 15 is 0 Å². The molecule has 40 heavy (non-hydrogen) atoms. The quantitative estimate of drug-likeness (QED) is 0.398. The Morgan fingerprint density at radius 2 is 1.88 bits per heavy atom. The van der Waals surface area contributed by atoms with Crippen molar-refractivity contribution in [3.8, 4) is 0 Å². The highest BCUT2D eigenvalue weighted by molar-refractivity contribution is 6.31. The number of esters is 2. The lowest BCUT2D eigenvalue weighted by molar-refractivity contribution is -0.173. The Hall–Kier alpha value is -3.98. The molecule has 2 heterocycles. The van der Waals surface area contributed by atoms with Crippen molar-refractivity contribution in [2.24, 2.45) is 0 Å². The smallest absolute Gasteiger partial charge is 0.466 e. The van der Waals surface area contributed by atoms with Crippen LogP contribution >= 0.6 is 11.6 Å². The molecule has 1 amide bonds. The van der Waals surface area contributed by atoms with Crippen LogP contribution in [0.15, 0.2) is 46.8 Å². The number of tetrazole rings is 1. The first-order chi connectivity index (χ1) is 18.9. The van der Waals surface area contributed by atoms with Gasteiger partial charge in [0.2, 0.25) is 5.82 Å². The molecule has 1 aromatic carbocycles. The number of ether oxygens (including phenoxy) is 3. The fourth-order valence-corrected chi connectivity index (χ4v) is 4.32. The number of methoxy groups -OCH3 is 2. The summed E-state index contributed by atoms with van der Waals surface area (Å²) in [5, 5.41) is 16.9. The predicted molar refractivity (Wildman–Crippen MR) is 132 cm³/mol. The molecular weight excluding hydrogens is 561 g/mol. The van der Waals surface area contributed by atoms with Crippen LogP contribution in [0.1, 0.15) is 37.3 Å². The van der Waals surface area contributed by atoms with Gasteiger partial charge in [-0.15, -0.1) is 10.2 Å². The average molecular weight is 587 g/mol. The number of benzene rings is 1. The van der Waals surface area contributed by atoms with Gasteiger partial charge in [0.25, 0.3) is 0 Å². The van der Waals surface area contributed by atoms with Gasteiger partial charge in [-0.2, -0.15) is 18.0 Å². The van der Waals surface area contributed by atoms with Crippen LogP contribution in [0.5, 0.6) is 0 Å². The third-order valence-corrected chi connectivity index (χ3v) is 6.11. The van der Waals surface area contributed by atoms with Crippen molar-refractivity contribution < 1.29 is 41.8 Å². The fourth-order valence-electron chi connectivity index (χ4n) is 4.07. The maximum Gasteiger partial charge on any atom is 0.471 e. The minimum atomic E-state index is -5.03. The number of hydrogen-bond donors (Lipinski definition) is 2. The molecule has 1 aliphatic heterocycles. The predicted octanol–water partition coefficient (Wildman–Crippen LogP) is 2.34. The molecule has 1 aliphatic rings. The molecule has 2 unspecified atom stereocenters. The lowest BCUT2D eigenvalue weighted by atomic mass is 9.79.